The Morgan fingerprint density at radius 1 is 0.967 bits per heavy atom. The lowest BCUT2D eigenvalue weighted by Crippen LogP contribution is -2.60. The van der Waals surface area contributed by atoms with Crippen LogP contribution >= 0.6 is 0 Å². The molecule has 4 aliphatic carbocycles. The van der Waals surface area contributed by atoms with E-state index in [4.69, 9.17) is 0 Å². The summed E-state index contributed by atoms with van der Waals surface area (Å²) in [6.07, 6.45) is 7.56. The van der Waals surface area contributed by atoms with Crippen molar-refractivity contribution in [2.24, 2.45) is 22.9 Å². The van der Waals surface area contributed by atoms with Gasteiger partial charge in [0, 0.05) is 29.4 Å². The van der Waals surface area contributed by atoms with E-state index in [1.807, 2.05) is 0 Å². The highest BCUT2D eigenvalue weighted by Crippen LogP contribution is 2.55. The van der Waals surface area contributed by atoms with Crippen molar-refractivity contribution in [1.82, 2.24) is 10.7 Å². The zero-order valence-electron chi connectivity index (χ0n) is 17.7. The minimum Gasteiger partial charge on any atom is -0.350 e. The summed E-state index contributed by atoms with van der Waals surface area (Å²) >= 11 is 0. The van der Waals surface area contributed by atoms with Gasteiger partial charge in [-0.25, -0.2) is 5.43 Å². The molecule has 4 bridgehead atoms. The minimum absolute atomic E-state index is 0.00731. The van der Waals surface area contributed by atoms with E-state index in [1.54, 1.807) is 31.2 Å². The molecule has 0 aromatic heterocycles. The van der Waals surface area contributed by atoms with Crippen LogP contribution in [-0.4, -0.2) is 29.0 Å². The molecule has 1 aromatic rings. The Hall–Kier alpha value is -2.70. The van der Waals surface area contributed by atoms with Crippen LogP contribution in [0.2, 0.25) is 0 Å². The lowest BCUT2D eigenvalue weighted by molar-refractivity contribution is -0.125. The minimum atomic E-state index is -0.356. The van der Waals surface area contributed by atoms with Gasteiger partial charge in [-0.3, -0.25) is 14.4 Å². The van der Waals surface area contributed by atoms with Gasteiger partial charge in [-0.2, -0.15) is 5.10 Å². The highest BCUT2D eigenvalue weighted by molar-refractivity contribution is 6.01. The van der Waals surface area contributed by atoms with Gasteiger partial charge >= 0.3 is 0 Å². The summed E-state index contributed by atoms with van der Waals surface area (Å²) in [5, 5.41) is 10.1. The van der Waals surface area contributed by atoms with Crippen molar-refractivity contribution in [3.05, 3.63) is 29.8 Å². The van der Waals surface area contributed by atoms with Crippen LogP contribution in [0.5, 0.6) is 0 Å². The molecule has 0 atom stereocenters. The molecule has 30 heavy (non-hydrogen) atoms. The molecule has 0 radical (unpaired) electrons. The monoisotopic (exact) mass is 410 g/mol. The Labute approximate surface area is 177 Å². The molecule has 0 aliphatic heterocycles. The van der Waals surface area contributed by atoms with Gasteiger partial charge in [0.05, 0.1) is 6.42 Å². The average molecular weight is 411 g/mol. The van der Waals surface area contributed by atoms with Crippen LogP contribution in [0.15, 0.2) is 29.4 Å². The molecule has 0 unspecified atom stereocenters. The fourth-order valence-electron chi connectivity index (χ4n) is 5.99. The number of amides is 3. The third-order valence-corrected chi connectivity index (χ3v) is 6.67. The van der Waals surface area contributed by atoms with Crippen molar-refractivity contribution < 1.29 is 14.4 Å². The summed E-state index contributed by atoms with van der Waals surface area (Å²) in [6, 6.07) is 6.55. The zero-order chi connectivity index (χ0) is 21.3. The van der Waals surface area contributed by atoms with Crippen LogP contribution in [0.25, 0.3) is 0 Å². The van der Waals surface area contributed by atoms with E-state index in [0.717, 1.165) is 37.0 Å². The van der Waals surface area contributed by atoms with Crippen LogP contribution in [0, 0.1) is 17.8 Å². The van der Waals surface area contributed by atoms with E-state index < -0.39 is 0 Å². The maximum atomic E-state index is 12.6. The molecule has 0 spiro atoms. The maximum Gasteiger partial charge on any atom is 0.271 e. The van der Waals surface area contributed by atoms with E-state index in [-0.39, 0.29) is 29.7 Å². The first kappa shape index (κ1) is 20.6. The van der Waals surface area contributed by atoms with Gasteiger partial charge < -0.3 is 10.6 Å². The van der Waals surface area contributed by atoms with Crippen molar-refractivity contribution in [3.8, 4) is 0 Å². The molecule has 4 aliphatic rings. The number of hydrogen-bond acceptors (Lipinski definition) is 4. The Kier molecular flexibility index (Phi) is 5.62. The third kappa shape index (κ3) is 4.71. The quantitative estimate of drug-likeness (QED) is 0.496. The van der Waals surface area contributed by atoms with Crippen molar-refractivity contribution >= 4 is 29.1 Å². The number of rotatable bonds is 6. The summed E-state index contributed by atoms with van der Waals surface area (Å²) in [6.45, 7) is 3.18. The van der Waals surface area contributed by atoms with Crippen LogP contribution in [0.4, 0.5) is 5.69 Å². The van der Waals surface area contributed by atoms with Gasteiger partial charge in [0.15, 0.2) is 0 Å². The molecule has 0 saturated heterocycles. The van der Waals surface area contributed by atoms with Gasteiger partial charge in [0.1, 0.15) is 0 Å². The van der Waals surface area contributed by atoms with E-state index in [0.29, 0.717) is 17.0 Å². The SMILES string of the molecule is CC(=O)Nc1ccc(C(=O)NN=C(C)CC(=O)NC23CC4CC(CC(C4)C2)C3)cc1. The normalized spacial score (nSPS) is 29.4. The Morgan fingerprint density at radius 2 is 1.53 bits per heavy atom. The van der Waals surface area contributed by atoms with Gasteiger partial charge in [-0.15, -0.1) is 0 Å². The lowest BCUT2D eigenvalue weighted by atomic mass is 9.53. The predicted octanol–water partition coefficient (Wildman–Crippen LogP) is 3.23. The van der Waals surface area contributed by atoms with Crippen molar-refractivity contribution in [2.45, 2.75) is 64.3 Å². The second kappa shape index (κ2) is 8.20. The van der Waals surface area contributed by atoms with Crippen molar-refractivity contribution in [3.63, 3.8) is 0 Å². The molecule has 1 aromatic carbocycles. The highest BCUT2D eigenvalue weighted by atomic mass is 16.2. The van der Waals surface area contributed by atoms with E-state index >= 15 is 0 Å². The number of carbonyl (C=O) groups is 3. The molecule has 7 heteroatoms. The number of nitrogens with one attached hydrogen (secondary N) is 3. The van der Waals surface area contributed by atoms with Gasteiger partial charge in [0.2, 0.25) is 11.8 Å². The average Bonchev–Trinajstić information content (AvgIpc) is 2.64. The first-order valence-electron chi connectivity index (χ1n) is 10.8. The van der Waals surface area contributed by atoms with Crippen LogP contribution in [0.3, 0.4) is 0 Å². The molecular formula is C23H30N4O3. The molecule has 4 saturated carbocycles. The second-order valence-electron chi connectivity index (χ2n) is 9.47. The number of hydrazone groups is 1. The Morgan fingerprint density at radius 3 is 2.07 bits per heavy atom. The number of anilines is 1. The van der Waals surface area contributed by atoms with E-state index in [9.17, 15) is 14.4 Å². The van der Waals surface area contributed by atoms with Gasteiger partial charge in [-0.05, 0) is 87.5 Å². The highest BCUT2D eigenvalue weighted by Gasteiger charge is 2.51. The number of benzene rings is 1. The molecule has 0 heterocycles. The predicted molar refractivity (Wildman–Crippen MR) is 115 cm³/mol. The molecule has 160 valence electrons. The van der Waals surface area contributed by atoms with E-state index in [1.165, 1.54) is 26.2 Å². The fourth-order valence-corrected chi connectivity index (χ4v) is 5.99. The third-order valence-electron chi connectivity index (χ3n) is 6.67. The number of carbonyl (C=O) groups excluding carboxylic acids is 3. The molecular weight excluding hydrogens is 380 g/mol. The lowest BCUT2D eigenvalue weighted by Gasteiger charge is -2.56. The standard InChI is InChI=1S/C23H30N4O3/c1-14(26-27-22(30)19-3-5-20(6-4-19)24-15(2)28)7-21(29)25-23-11-16-8-17(12-23)10-18(9-16)13-23/h3-6,16-18H,7-13H2,1-2H3,(H,24,28)(H,25,29)(H,27,30). The molecule has 7 nitrogen and oxygen atoms in total. The molecule has 3 N–H and O–H groups in total. The summed E-state index contributed by atoms with van der Waals surface area (Å²) in [5.74, 6) is 1.81. The van der Waals surface area contributed by atoms with Crippen LogP contribution < -0.4 is 16.1 Å². The van der Waals surface area contributed by atoms with Gasteiger partial charge in [-0.1, -0.05) is 0 Å². The first-order valence-corrected chi connectivity index (χ1v) is 10.8. The van der Waals surface area contributed by atoms with Crippen LogP contribution in [-0.2, 0) is 9.59 Å². The van der Waals surface area contributed by atoms with Crippen molar-refractivity contribution in [1.29, 1.82) is 0 Å². The smallest absolute Gasteiger partial charge is 0.271 e. The summed E-state index contributed by atoms with van der Waals surface area (Å²) < 4.78 is 0. The summed E-state index contributed by atoms with van der Waals surface area (Å²) in [5.41, 5.74) is 4.12. The number of hydrogen-bond donors (Lipinski definition) is 3. The molecule has 5 rings (SSSR count). The second-order valence-corrected chi connectivity index (χ2v) is 9.47. The topological polar surface area (TPSA) is 99.7 Å². The largest absolute Gasteiger partial charge is 0.350 e. The van der Waals surface area contributed by atoms with Crippen molar-refractivity contribution in [2.75, 3.05) is 5.32 Å². The number of nitrogens with zero attached hydrogens (tertiary/aromatic N) is 1. The van der Waals surface area contributed by atoms with Crippen LogP contribution in [0.1, 0.15) is 69.2 Å². The molecule has 3 amide bonds. The summed E-state index contributed by atoms with van der Waals surface area (Å²) in [4.78, 5) is 36.0. The Bertz CT molecular complexity index is 840. The maximum absolute atomic E-state index is 12.6. The summed E-state index contributed by atoms with van der Waals surface area (Å²) in [7, 11) is 0. The van der Waals surface area contributed by atoms with Gasteiger partial charge in [0.25, 0.3) is 5.91 Å². The van der Waals surface area contributed by atoms with E-state index in [2.05, 4.69) is 21.2 Å². The fraction of sp³-hybridized carbons (Fsp3) is 0.565. The zero-order valence-corrected chi connectivity index (χ0v) is 17.7. The Balaban J connectivity index is 1.28. The molecule has 4 fully saturated rings. The first-order chi connectivity index (χ1) is 14.3.